The van der Waals surface area contributed by atoms with Crippen LogP contribution in [0.2, 0.25) is 0 Å². The summed E-state index contributed by atoms with van der Waals surface area (Å²) in [5, 5.41) is 20.2. The number of aromatic nitrogens is 8. The van der Waals surface area contributed by atoms with E-state index in [9.17, 15) is 19.5 Å². The van der Waals surface area contributed by atoms with Crippen molar-refractivity contribution in [2.45, 2.75) is 25.4 Å². The summed E-state index contributed by atoms with van der Waals surface area (Å²) in [6.07, 6.45) is 2.50. The highest BCUT2D eigenvalue weighted by molar-refractivity contribution is 7.71. The largest absolute Gasteiger partial charge is 0.481 e. The van der Waals surface area contributed by atoms with Gasteiger partial charge in [0.15, 0.2) is 27.3 Å². The number of amides is 1. The summed E-state index contributed by atoms with van der Waals surface area (Å²) in [6.45, 7) is 0.370. The third-order valence-electron chi connectivity index (χ3n) is 6.04. The molecule has 5 aromatic rings. The van der Waals surface area contributed by atoms with Gasteiger partial charge in [0, 0.05) is 24.7 Å². The van der Waals surface area contributed by atoms with Gasteiger partial charge in [-0.3, -0.25) is 9.59 Å². The molecule has 4 heterocycles. The molecule has 0 radical (unpaired) electrons. The maximum atomic E-state index is 12.4. The lowest BCUT2D eigenvalue weighted by Gasteiger charge is -2.19. The quantitative estimate of drug-likeness (QED) is 0.106. The van der Waals surface area contributed by atoms with Crippen molar-refractivity contribution in [1.29, 1.82) is 0 Å². The van der Waals surface area contributed by atoms with Crippen LogP contribution in [0.5, 0.6) is 0 Å². The number of nitrogens with two attached hydrogens (primary N) is 3. The van der Waals surface area contributed by atoms with E-state index < -0.39 is 23.9 Å². The predicted octanol–water partition coefficient (Wildman–Crippen LogP) is 0.866. The summed E-state index contributed by atoms with van der Waals surface area (Å²) >= 11 is 4.91. The van der Waals surface area contributed by atoms with E-state index in [-0.39, 0.29) is 36.1 Å². The summed E-state index contributed by atoms with van der Waals surface area (Å²) in [7, 11) is 1.82. The fraction of sp³-hybridized carbons (Fsp3) is 0.200. The Kier molecular flexibility index (Phi) is 9.38. The van der Waals surface area contributed by atoms with Gasteiger partial charge in [0.25, 0.3) is 5.91 Å². The van der Waals surface area contributed by atoms with Gasteiger partial charge in [-0.05, 0) is 30.7 Å². The highest BCUT2D eigenvalue weighted by Crippen LogP contribution is 2.19. The highest BCUT2D eigenvalue weighted by atomic mass is 32.1. The van der Waals surface area contributed by atoms with E-state index in [0.29, 0.717) is 39.2 Å². The van der Waals surface area contributed by atoms with Crippen LogP contribution in [-0.2, 0) is 16.1 Å². The number of hydrogen-bond acceptors (Lipinski definition) is 14. The van der Waals surface area contributed by atoms with Crippen LogP contribution < -0.4 is 27.4 Å². The van der Waals surface area contributed by atoms with Crippen LogP contribution in [0, 0.1) is 4.64 Å². The molecular formula is C25H27N13O5S. The molecule has 0 saturated heterocycles. The number of imidazole rings is 1. The number of nitrogens with zero attached hydrogens (tertiary/aromatic N) is 7. The van der Waals surface area contributed by atoms with Gasteiger partial charge in [0.2, 0.25) is 11.9 Å². The predicted molar refractivity (Wildman–Crippen MR) is 162 cm³/mol. The summed E-state index contributed by atoms with van der Waals surface area (Å²) < 4.78 is 0.439. The summed E-state index contributed by atoms with van der Waals surface area (Å²) in [4.78, 5) is 66.1. The molecule has 0 aliphatic rings. The number of carboxylic acid groups (broad SMARTS) is 2. The summed E-state index contributed by atoms with van der Waals surface area (Å²) in [5.41, 5.74) is 20.4. The van der Waals surface area contributed by atoms with Crippen molar-refractivity contribution in [3.63, 3.8) is 0 Å². The Hall–Kier alpha value is -5.98. The Morgan fingerprint density at radius 2 is 1.77 bits per heavy atom. The number of anilines is 4. The molecule has 0 spiro atoms. The molecule has 0 aliphatic heterocycles. The minimum absolute atomic E-state index is 0.0138. The first-order chi connectivity index (χ1) is 20.9. The Morgan fingerprint density at radius 1 is 1.05 bits per heavy atom. The van der Waals surface area contributed by atoms with Gasteiger partial charge in [-0.25, -0.2) is 24.7 Å². The zero-order valence-electron chi connectivity index (χ0n) is 23.1. The molecule has 4 aromatic heterocycles. The van der Waals surface area contributed by atoms with Crippen molar-refractivity contribution in [3.05, 3.63) is 52.7 Å². The zero-order chi connectivity index (χ0) is 32.0. The average Bonchev–Trinajstić information content (AvgIpc) is 3.44. The minimum Gasteiger partial charge on any atom is -0.481 e. The van der Waals surface area contributed by atoms with Crippen molar-refractivity contribution in [1.82, 2.24) is 45.2 Å². The number of carboxylic acids is 2. The van der Waals surface area contributed by atoms with E-state index in [1.54, 1.807) is 18.3 Å². The number of fused-ring (bicyclic) bond motifs is 2. The van der Waals surface area contributed by atoms with Crippen LogP contribution in [0.4, 0.5) is 23.4 Å². The number of nitrogens with one attached hydrogen (secondary N) is 3. The van der Waals surface area contributed by atoms with Crippen molar-refractivity contribution in [3.8, 4) is 0 Å². The van der Waals surface area contributed by atoms with Gasteiger partial charge in [-0.2, -0.15) is 9.97 Å². The maximum Gasteiger partial charge on any atom is 0.326 e. The van der Waals surface area contributed by atoms with Crippen molar-refractivity contribution < 1.29 is 24.6 Å². The highest BCUT2D eigenvalue weighted by Gasteiger charge is 2.21. The van der Waals surface area contributed by atoms with Crippen LogP contribution in [0.1, 0.15) is 28.9 Å². The number of rotatable bonds is 9. The first-order valence-electron chi connectivity index (χ1n) is 12.7. The standard InChI is InChI=1S/C20H22N8O5.C5H5N5S/c1-28(9-11-8-23-17-15(24-11)16(21)26-20(22)27-17)12-4-2-10(3-5-12)18(31)25-13(19(32)33)6-7-14(29)30;6-5-9-3-2(4(11)10-5)7-1-8-3/h2-5,8,13H,6-7,9H2,1H3,(H,25,31)(H,29,30)(H,32,33)(H4,21,22,23,26,27);1H,(H4,6,7,8,9,10,11)/t13-;/m0./s1. The van der Waals surface area contributed by atoms with Crippen molar-refractivity contribution >= 4 is 75.8 Å². The number of carbonyl (C=O) groups is 3. The van der Waals surface area contributed by atoms with Crippen LogP contribution in [0.15, 0.2) is 36.8 Å². The molecule has 1 aromatic carbocycles. The van der Waals surface area contributed by atoms with Crippen LogP contribution in [0.3, 0.4) is 0 Å². The van der Waals surface area contributed by atoms with E-state index in [2.05, 4.69) is 45.2 Å². The molecule has 1 amide bonds. The number of benzene rings is 1. The Balaban J connectivity index is 0.000000333. The monoisotopic (exact) mass is 621 g/mol. The van der Waals surface area contributed by atoms with Gasteiger partial charge in [-0.1, -0.05) is 12.2 Å². The molecular weight excluding hydrogens is 594 g/mol. The molecule has 228 valence electrons. The molecule has 0 aliphatic carbocycles. The van der Waals surface area contributed by atoms with E-state index in [4.69, 9.17) is 34.5 Å². The molecule has 0 saturated carbocycles. The molecule has 5 rings (SSSR count). The Bertz CT molecular complexity index is 1890. The Morgan fingerprint density at radius 3 is 2.45 bits per heavy atom. The fourth-order valence-electron chi connectivity index (χ4n) is 3.89. The van der Waals surface area contributed by atoms with Gasteiger partial charge in [0.1, 0.15) is 11.6 Å². The third-order valence-corrected chi connectivity index (χ3v) is 6.34. The first kappa shape index (κ1) is 31.0. The lowest BCUT2D eigenvalue weighted by Crippen LogP contribution is -2.41. The smallest absolute Gasteiger partial charge is 0.326 e. The SMILES string of the molecule is CN(Cc1cnc2nc(N)nc(N)c2n1)c1ccc(C(=O)N[C@@H](CCC(=O)O)C(=O)O)cc1.Nc1nc(=S)c2[nH]cnc2[nH]1. The summed E-state index contributed by atoms with van der Waals surface area (Å²) in [5.74, 6) is -2.62. The minimum atomic E-state index is -1.30. The molecule has 18 nitrogen and oxygen atoms in total. The van der Waals surface area contributed by atoms with Crippen molar-refractivity contribution in [2.24, 2.45) is 0 Å². The molecule has 0 fully saturated rings. The second-order valence-corrected chi connectivity index (χ2v) is 9.64. The van der Waals surface area contributed by atoms with E-state index in [1.165, 1.54) is 18.5 Å². The van der Waals surface area contributed by atoms with Gasteiger partial charge < -0.3 is 47.6 Å². The van der Waals surface area contributed by atoms with Gasteiger partial charge in [0.05, 0.1) is 24.8 Å². The van der Waals surface area contributed by atoms with Gasteiger partial charge >= 0.3 is 11.9 Å². The third kappa shape index (κ3) is 7.64. The fourth-order valence-corrected chi connectivity index (χ4v) is 4.15. The van der Waals surface area contributed by atoms with Crippen LogP contribution in [0.25, 0.3) is 22.3 Å². The average molecular weight is 622 g/mol. The molecule has 19 heteroatoms. The van der Waals surface area contributed by atoms with Crippen LogP contribution >= 0.6 is 12.2 Å². The molecule has 11 N–H and O–H groups in total. The van der Waals surface area contributed by atoms with Crippen molar-refractivity contribution in [2.75, 3.05) is 29.1 Å². The van der Waals surface area contributed by atoms with E-state index in [0.717, 1.165) is 5.69 Å². The normalized spacial score (nSPS) is 11.4. The zero-order valence-corrected chi connectivity index (χ0v) is 23.9. The number of nitrogen functional groups attached to an aromatic ring is 3. The number of aliphatic carboxylic acids is 2. The lowest BCUT2D eigenvalue weighted by molar-refractivity contribution is -0.140. The number of hydrogen-bond donors (Lipinski definition) is 8. The first-order valence-corrected chi connectivity index (χ1v) is 13.1. The van der Waals surface area contributed by atoms with Crippen LogP contribution in [-0.4, -0.2) is 81.0 Å². The summed E-state index contributed by atoms with van der Waals surface area (Å²) in [6, 6.07) is 5.16. The number of H-pyrrole nitrogens is 2. The number of carbonyl (C=O) groups excluding carboxylic acids is 1. The number of aromatic amines is 2. The molecule has 0 unspecified atom stereocenters. The lowest BCUT2D eigenvalue weighted by atomic mass is 10.1. The topological polar surface area (TPSA) is 294 Å². The maximum absolute atomic E-state index is 12.4. The second kappa shape index (κ2) is 13.3. The second-order valence-electron chi connectivity index (χ2n) is 9.25. The van der Waals surface area contributed by atoms with Gasteiger partial charge in [-0.15, -0.1) is 0 Å². The van der Waals surface area contributed by atoms with E-state index >= 15 is 0 Å². The molecule has 0 bridgehead atoms. The molecule has 44 heavy (non-hydrogen) atoms. The van der Waals surface area contributed by atoms with E-state index in [1.807, 2.05) is 11.9 Å². The molecule has 1 atom stereocenters. The Labute approximate surface area is 252 Å².